The predicted octanol–water partition coefficient (Wildman–Crippen LogP) is 3.45. The molecule has 0 radical (unpaired) electrons. The first-order valence-electron chi connectivity index (χ1n) is 7.28. The summed E-state index contributed by atoms with van der Waals surface area (Å²) in [5, 5.41) is 0. The van der Waals surface area contributed by atoms with Crippen molar-refractivity contribution in [3.8, 4) is 23.8 Å². The Morgan fingerprint density at radius 3 is 2.57 bits per heavy atom. The van der Waals surface area contributed by atoms with E-state index in [1.807, 2.05) is 37.3 Å². The Bertz CT molecular complexity index is 686. The summed E-state index contributed by atoms with van der Waals surface area (Å²) < 4.78 is 16.2. The zero-order valence-corrected chi connectivity index (χ0v) is 13.0. The Hall–Kier alpha value is -2.93. The number of hydrogen-bond donors (Lipinski definition) is 0. The molecule has 0 saturated carbocycles. The van der Waals surface area contributed by atoms with Crippen LogP contribution >= 0.6 is 0 Å². The van der Waals surface area contributed by atoms with Crippen LogP contribution in [0.25, 0.3) is 0 Å². The van der Waals surface area contributed by atoms with E-state index in [2.05, 4.69) is 5.92 Å². The number of esters is 1. The topological polar surface area (TPSA) is 44.8 Å². The van der Waals surface area contributed by atoms with Crippen molar-refractivity contribution in [3.05, 3.63) is 59.7 Å². The molecule has 2 aromatic carbocycles. The molecule has 4 heteroatoms. The van der Waals surface area contributed by atoms with Gasteiger partial charge in [0.1, 0.15) is 6.61 Å². The van der Waals surface area contributed by atoms with Crippen LogP contribution < -0.4 is 9.47 Å². The largest absolute Gasteiger partial charge is 0.490 e. The van der Waals surface area contributed by atoms with Crippen LogP contribution in [0, 0.1) is 12.3 Å². The van der Waals surface area contributed by atoms with Crippen LogP contribution in [-0.4, -0.2) is 19.2 Å². The van der Waals surface area contributed by atoms with E-state index >= 15 is 0 Å². The number of terminal acetylenes is 1. The molecule has 23 heavy (non-hydrogen) atoms. The van der Waals surface area contributed by atoms with E-state index < -0.39 is 5.97 Å². The number of carbonyl (C=O) groups excluding carboxylic acids is 1. The van der Waals surface area contributed by atoms with Gasteiger partial charge >= 0.3 is 5.97 Å². The van der Waals surface area contributed by atoms with E-state index in [9.17, 15) is 4.79 Å². The highest BCUT2D eigenvalue weighted by Crippen LogP contribution is 2.29. The SMILES string of the molecule is C#CCOC(=O)c1ccc(OCc2ccccc2)c(OCC)c1. The summed E-state index contributed by atoms with van der Waals surface area (Å²) >= 11 is 0. The van der Waals surface area contributed by atoms with Gasteiger partial charge in [0, 0.05) is 0 Å². The van der Waals surface area contributed by atoms with Crippen molar-refractivity contribution >= 4 is 5.97 Å². The molecule has 0 fully saturated rings. The summed E-state index contributed by atoms with van der Waals surface area (Å²) in [4.78, 5) is 11.8. The molecule has 0 unspecified atom stereocenters. The van der Waals surface area contributed by atoms with Gasteiger partial charge in [-0.25, -0.2) is 4.79 Å². The molecule has 2 aromatic rings. The third-order valence-electron chi connectivity index (χ3n) is 3.00. The van der Waals surface area contributed by atoms with Gasteiger partial charge in [0.2, 0.25) is 0 Å². The molecular weight excluding hydrogens is 292 g/mol. The van der Waals surface area contributed by atoms with Gasteiger partial charge < -0.3 is 14.2 Å². The summed E-state index contributed by atoms with van der Waals surface area (Å²) in [6.07, 6.45) is 5.08. The van der Waals surface area contributed by atoms with Crippen LogP contribution in [0.2, 0.25) is 0 Å². The quantitative estimate of drug-likeness (QED) is 0.580. The number of benzene rings is 2. The first-order valence-corrected chi connectivity index (χ1v) is 7.28. The Morgan fingerprint density at radius 2 is 1.87 bits per heavy atom. The van der Waals surface area contributed by atoms with Crippen molar-refractivity contribution < 1.29 is 19.0 Å². The van der Waals surface area contributed by atoms with Crippen molar-refractivity contribution in [1.29, 1.82) is 0 Å². The van der Waals surface area contributed by atoms with Crippen LogP contribution in [0.5, 0.6) is 11.5 Å². The third kappa shape index (κ3) is 4.79. The maximum Gasteiger partial charge on any atom is 0.339 e. The molecule has 0 spiro atoms. The highest BCUT2D eigenvalue weighted by molar-refractivity contribution is 5.90. The van der Waals surface area contributed by atoms with E-state index in [0.717, 1.165) is 5.56 Å². The average molecular weight is 310 g/mol. The molecule has 0 aliphatic carbocycles. The number of ether oxygens (including phenoxy) is 3. The van der Waals surface area contributed by atoms with Crippen LogP contribution in [0.4, 0.5) is 0 Å². The number of rotatable bonds is 7. The molecule has 0 aromatic heterocycles. The number of hydrogen-bond acceptors (Lipinski definition) is 4. The molecule has 0 aliphatic rings. The Balaban J connectivity index is 2.12. The van der Waals surface area contributed by atoms with Crippen LogP contribution in [0.15, 0.2) is 48.5 Å². The Labute approximate surface area is 136 Å². The standard InChI is InChI=1S/C19H18O4/c1-3-12-22-19(20)16-10-11-17(18(13-16)21-4-2)23-14-15-8-6-5-7-9-15/h1,5-11,13H,4,12,14H2,2H3. The maximum absolute atomic E-state index is 11.8. The molecule has 0 N–H and O–H groups in total. The molecule has 0 heterocycles. The second-order valence-electron chi connectivity index (χ2n) is 4.65. The van der Waals surface area contributed by atoms with Crippen molar-refractivity contribution in [2.45, 2.75) is 13.5 Å². The monoisotopic (exact) mass is 310 g/mol. The smallest absolute Gasteiger partial charge is 0.339 e. The van der Waals surface area contributed by atoms with Crippen molar-refractivity contribution in [1.82, 2.24) is 0 Å². The van der Waals surface area contributed by atoms with Crippen LogP contribution in [-0.2, 0) is 11.3 Å². The minimum absolute atomic E-state index is 0.0605. The molecule has 0 bridgehead atoms. The highest BCUT2D eigenvalue weighted by atomic mass is 16.5. The van der Waals surface area contributed by atoms with E-state index in [1.54, 1.807) is 18.2 Å². The third-order valence-corrected chi connectivity index (χ3v) is 3.00. The first-order chi connectivity index (χ1) is 11.2. The van der Waals surface area contributed by atoms with E-state index in [1.165, 1.54) is 0 Å². The molecule has 4 nitrogen and oxygen atoms in total. The van der Waals surface area contributed by atoms with Crippen LogP contribution in [0.1, 0.15) is 22.8 Å². The minimum Gasteiger partial charge on any atom is -0.490 e. The summed E-state index contributed by atoms with van der Waals surface area (Å²) in [5.41, 5.74) is 1.42. The van der Waals surface area contributed by atoms with E-state index in [4.69, 9.17) is 20.6 Å². The van der Waals surface area contributed by atoms with Crippen molar-refractivity contribution in [2.75, 3.05) is 13.2 Å². The van der Waals surface area contributed by atoms with Crippen LogP contribution in [0.3, 0.4) is 0 Å². The van der Waals surface area contributed by atoms with E-state index in [0.29, 0.717) is 30.3 Å². The highest BCUT2D eigenvalue weighted by Gasteiger charge is 2.12. The fourth-order valence-corrected chi connectivity index (χ4v) is 1.95. The summed E-state index contributed by atoms with van der Waals surface area (Å²) in [7, 11) is 0. The van der Waals surface area contributed by atoms with Gasteiger partial charge in [-0.15, -0.1) is 6.42 Å². The predicted molar refractivity (Wildman–Crippen MR) is 87.5 cm³/mol. The minimum atomic E-state index is -0.487. The number of carbonyl (C=O) groups is 1. The van der Waals surface area contributed by atoms with Gasteiger partial charge in [-0.1, -0.05) is 36.3 Å². The molecule has 2 rings (SSSR count). The van der Waals surface area contributed by atoms with Gasteiger partial charge in [-0.05, 0) is 30.7 Å². The lowest BCUT2D eigenvalue weighted by molar-refractivity contribution is 0.0556. The summed E-state index contributed by atoms with van der Waals surface area (Å²) in [6, 6.07) is 14.7. The second-order valence-corrected chi connectivity index (χ2v) is 4.65. The molecule has 0 amide bonds. The fourth-order valence-electron chi connectivity index (χ4n) is 1.95. The Morgan fingerprint density at radius 1 is 1.09 bits per heavy atom. The van der Waals surface area contributed by atoms with Gasteiger partial charge in [0.15, 0.2) is 18.1 Å². The summed E-state index contributed by atoms with van der Waals surface area (Å²) in [5.74, 6) is 2.84. The van der Waals surface area contributed by atoms with Crippen molar-refractivity contribution in [2.24, 2.45) is 0 Å². The van der Waals surface area contributed by atoms with Gasteiger partial charge in [-0.3, -0.25) is 0 Å². The molecular formula is C19H18O4. The molecule has 118 valence electrons. The van der Waals surface area contributed by atoms with E-state index in [-0.39, 0.29) is 6.61 Å². The molecule has 0 atom stereocenters. The second kappa shape index (κ2) is 8.50. The van der Waals surface area contributed by atoms with Crippen molar-refractivity contribution in [3.63, 3.8) is 0 Å². The zero-order chi connectivity index (χ0) is 16.5. The Kier molecular flexibility index (Phi) is 6.07. The normalized spacial score (nSPS) is 9.74. The molecule has 0 aliphatic heterocycles. The lowest BCUT2D eigenvalue weighted by atomic mass is 10.2. The van der Waals surface area contributed by atoms with Gasteiger partial charge in [0.05, 0.1) is 12.2 Å². The maximum atomic E-state index is 11.8. The lowest BCUT2D eigenvalue weighted by Crippen LogP contribution is -2.07. The molecule has 0 saturated heterocycles. The van der Waals surface area contributed by atoms with Gasteiger partial charge in [0.25, 0.3) is 0 Å². The zero-order valence-electron chi connectivity index (χ0n) is 13.0. The first kappa shape index (κ1) is 16.4. The average Bonchev–Trinajstić information content (AvgIpc) is 2.59. The summed E-state index contributed by atoms with van der Waals surface area (Å²) in [6.45, 7) is 2.69. The lowest BCUT2D eigenvalue weighted by Gasteiger charge is -2.13. The fraction of sp³-hybridized carbons (Fsp3) is 0.211. The van der Waals surface area contributed by atoms with Gasteiger partial charge in [-0.2, -0.15) is 0 Å².